The summed E-state index contributed by atoms with van der Waals surface area (Å²) in [6, 6.07) is 14.9. The van der Waals surface area contributed by atoms with E-state index >= 15 is 0 Å². The molecule has 7 heteroatoms. The Labute approximate surface area is 162 Å². The van der Waals surface area contributed by atoms with Crippen LogP contribution in [0.1, 0.15) is 21.5 Å². The smallest absolute Gasteiger partial charge is 0.270 e. The molecule has 2 aromatic heterocycles. The topological polar surface area (TPSA) is 81.7 Å². The summed E-state index contributed by atoms with van der Waals surface area (Å²) in [7, 11) is 0. The first-order chi connectivity index (χ1) is 13.7. The highest BCUT2D eigenvalue weighted by atomic mass is 16.2. The number of hydrogen-bond acceptors (Lipinski definition) is 5. The van der Waals surface area contributed by atoms with Crippen LogP contribution in [0.15, 0.2) is 59.7 Å². The summed E-state index contributed by atoms with van der Waals surface area (Å²) in [5, 5.41) is 8.88. The highest BCUT2D eigenvalue weighted by Crippen LogP contribution is 2.11. The van der Waals surface area contributed by atoms with E-state index < -0.39 is 0 Å². The van der Waals surface area contributed by atoms with Gasteiger partial charge in [0.05, 0.1) is 11.6 Å². The van der Waals surface area contributed by atoms with Crippen molar-refractivity contribution in [2.45, 2.75) is 6.54 Å². The van der Waals surface area contributed by atoms with Crippen LogP contribution in [0, 0.1) is 11.3 Å². The van der Waals surface area contributed by atoms with Crippen molar-refractivity contribution in [3.63, 3.8) is 0 Å². The second-order valence-electron chi connectivity index (χ2n) is 6.78. The van der Waals surface area contributed by atoms with Crippen molar-refractivity contribution in [2.75, 3.05) is 26.2 Å². The van der Waals surface area contributed by atoms with Gasteiger partial charge in [-0.25, -0.2) is 4.98 Å². The van der Waals surface area contributed by atoms with Crippen LogP contribution in [0.2, 0.25) is 0 Å². The van der Waals surface area contributed by atoms with Crippen LogP contribution in [0.3, 0.4) is 0 Å². The van der Waals surface area contributed by atoms with Crippen molar-refractivity contribution in [1.82, 2.24) is 19.2 Å². The molecule has 1 saturated heterocycles. The summed E-state index contributed by atoms with van der Waals surface area (Å²) in [6.45, 7) is 3.36. The summed E-state index contributed by atoms with van der Waals surface area (Å²) in [5.41, 5.74) is 2.07. The highest BCUT2D eigenvalue weighted by Gasteiger charge is 2.24. The van der Waals surface area contributed by atoms with E-state index in [0.29, 0.717) is 24.3 Å². The van der Waals surface area contributed by atoms with E-state index in [2.05, 4.69) is 16.0 Å². The molecule has 1 fully saturated rings. The Balaban J connectivity index is 1.42. The number of hydrogen-bond donors (Lipinski definition) is 0. The van der Waals surface area contributed by atoms with E-state index in [9.17, 15) is 9.59 Å². The predicted octanol–water partition coefficient (Wildman–Crippen LogP) is 1.52. The lowest BCUT2D eigenvalue weighted by atomic mass is 10.1. The number of aromatic nitrogens is 2. The van der Waals surface area contributed by atoms with E-state index in [1.165, 1.54) is 10.6 Å². The number of amides is 1. The summed E-state index contributed by atoms with van der Waals surface area (Å²) in [4.78, 5) is 33.6. The number of carbonyl (C=O) groups excluding carboxylic acids is 1. The van der Waals surface area contributed by atoms with Crippen molar-refractivity contribution in [2.24, 2.45) is 0 Å². The lowest BCUT2D eigenvalue weighted by molar-refractivity contribution is 0.0626. The van der Waals surface area contributed by atoms with Crippen molar-refractivity contribution < 1.29 is 4.79 Å². The largest absolute Gasteiger partial charge is 0.336 e. The Kier molecular flexibility index (Phi) is 4.87. The molecule has 0 aliphatic carbocycles. The molecule has 1 aromatic carbocycles. The average molecular weight is 373 g/mol. The lowest BCUT2D eigenvalue weighted by Gasteiger charge is -2.34. The number of nitriles is 1. The zero-order valence-electron chi connectivity index (χ0n) is 15.3. The number of pyridine rings is 1. The van der Waals surface area contributed by atoms with Gasteiger partial charge in [-0.2, -0.15) is 5.26 Å². The van der Waals surface area contributed by atoms with Gasteiger partial charge in [-0.15, -0.1) is 0 Å². The summed E-state index contributed by atoms with van der Waals surface area (Å²) in [6.07, 6.45) is 3.00. The molecule has 0 radical (unpaired) electrons. The fourth-order valence-corrected chi connectivity index (χ4v) is 3.40. The average Bonchev–Trinajstić information content (AvgIpc) is 2.75. The van der Waals surface area contributed by atoms with Crippen LogP contribution >= 0.6 is 0 Å². The Morgan fingerprint density at radius 1 is 1.07 bits per heavy atom. The SMILES string of the molecule is N#Cc1ccc(CN2CCN(C(=O)c3cnc4ccccn4c3=O)CC2)cc1. The van der Waals surface area contributed by atoms with Crippen LogP contribution < -0.4 is 5.56 Å². The van der Waals surface area contributed by atoms with E-state index in [1.807, 2.05) is 24.3 Å². The van der Waals surface area contributed by atoms with Crippen molar-refractivity contribution >= 4 is 11.6 Å². The van der Waals surface area contributed by atoms with Gasteiger partial charge >= 0.3 is 0 Å². The monoisotopic (exact) mass is 373 g/mol. The zero-order chi connectivity index (χ0) is 19.5. The first-order valence-electron chi connectivity index (χ1n) is 9.13. The molecule has 3 aromatic rings. The van der Waals surface area contributed by atoms with Gasteiger partial charge in [-0.1, -0.05) is 18.2 Å². The summed E-state index contributed by atoms with van der Waals surface area (Å²) in [5.74, 6) is -0.270. The quantitative estimate of drug-likeness (QED) is 0.695. The lowest BCUT2D eigenvalue weighted by Crippen LogP contribution is -2.49. The maximum atomic E-state index is 12.8. The first-order valence-corrected chi connectivity index (χ1v) is 9.13. The molecular formula is C21H19N5O2. The molecule has 0 spiro atoms. The molecule has 0 atom stereocenters. The molecule has 0 bridgehead atoms. The minimum Gasteiger partial charge on any atom is -0.336 e. The summed E-state index contributed by atoms with van der Waals surface area (Å²) < 4.78 is 1.40. The summed E-state index contributed by atoms with van der Waals surface area (Å²) >= 11 is 0. The normalized spacial score (nSPS) is 14.8. The van der Waals surface area contributed by atoms with Gasteiger partial charge < -0.3 is 4.90 Å². The Hall–Kier alpha value is -3.50. The van der Waals surface area contributed by atoms with Crippen LogP contribution in [0.4, 0.5) is 0 Å². The van der Waals surface area contributed by atoms with Crippen LogP contribution in [-0.2, 0) is 6.54 Å². The van der Waals surface area contributed by atoms with E-state index in [1.54, 1.807) is 29.3 Å². The molecule has 0 saturated carbocycles. The molecule has 1 aliphatic heterocycles. The van der Waals surface area contributed by atoms with Crippen LogP contribution in [0.5, 0.6) is 0 Å². The third-order valence-electron chi connectivity index (χ3n) is 4.99. The van der Waals surface area contributed by atoms with E-state index in [4.69, 9.17) is 5.26 Å². The first kappa shape index (κ1) is 17.9. The number of carbonyl (C=O) groups is 1. The molecule has 0 N–H and O–H groups in total. The number of rotatable bonds is 3. The third-order valence-corrected chi connectivity index (χ3v) is 4.99. The van der Waals surface area contributed by atoms with Crippen molar-refractivity contribution in [3.05, 3.63) is 81.9 Å². The van der Waals surface area contributed by atoms with Crippen molar-refractivity contribution in [1.29, 1.82) is 5.26 Å². The molecule has 28 heavy (non-hydrogen) atoms. The molecule has 1 aliphatic rings. The van der Waals surface area contributed by atoms with Gasteiger partial charge in [0, 0.05) is 45.1 Å². The minimum absolute atomic E-state index is 0.101. The molecule has 4 rings (SSSR count). The predicted molar refractivity (Wildman–Crippen MR) is 104 cm³/mol. The molecule has 7 nitrogen and oxygen atoms in total. The van der Waals surface area contributed by atoms with Gasteiger partial charge in [0.15, 0.2) is 0 Å². The Bertz CT molecular complexity index is 1110. The number of benzene rings is 1. The fourth-order valence-electron chi connectivity index (χ4n) is 3.40. The second kappa shape index (κ2) is 7.62. The Morgan fingerprint density at radius 3 is 2.54 bits per heavy atom. The molecular weight excluding hydrogens is 354 g/mol. The van der Waals surface area contributed by atoms with Crippen molar-refractivity contribution in [3.8, 4) is 6.07 Å². The third kappa shape index (κ3) is 3.50. The van der Waals surface area contributed by atoms with Crippen LogP contribution in [0.25, 0.3) is 5.65 Å². The van der Waals surface area contributed by atoms with Crippen LogP contribution in [-0.4, -0.2) is 51.3 Å². The number of nitrogens with zero attached hydrogens (tertiary/aromatic N) is 5. The highest BCUT2D eigenvalue weighted by molar-refractivity contribution is 5.93. The van der Waals surface area contributed by atoms with Gasteiger partial charge in [-0.05, 0) is 29.8 Å². The standard InChI is InChI=1S/C21H19N5O2/c22-13-16-4-6-17(7-5-16)15-24-9-11-25(12-10-24)20(27)18-14-23-19-3-1-2-8-26(19)21(18)28/h1-8,14H,9-12,15H2. The molecule has 3 heterocycles. The van der Waals surface area contributed by atoms with Gasteiger partial charge in [0.1, 0.15) is 11.2 Å². The fraction of sp³-hybridized carbons (Fsp3) is 0.238. The van der Waals surface area contributed by atoms with Gasteiger partial charge in [-0.3, -0.25) is 18.9 Å². The molecule has 0 unspecified atom stereocenters. The van der Waals surface area contributed by atoms with Gasteiger partial charge in [0.25, 0.3) is 11.5 Å². The Morgan fingerprint density at radius 2 is 1.82 bits per heavy atom. The number of fused-ring (bicyclic) bond motifs is 1. The minimum atomic E-state index is -0.337. The van der Waals surface area contributed by atoms with E-state index in [-0.39, 0.29) is 17.0 Å². The van der Waals surface area contributed by atoms with E-state index in [0.717, 1.165) is 25.2 Å². The van der Waals surface area contributed by atoms with Gasteiger partial charge in [0.2, 0.25) is 0 Å². The second-order valence-corrected chi connectivity index (χ2v) is 6.78. The zero-order valence-corrected chi connectivity index (χ0v) is 15.3. The maximum Gasteiger partial charge on any atom is 0.270 e. The number of piperazine rings is 1. The molecule has 140 valence electrons. The molecule has 1 amide bonds. The maximum absolute atomic E-state index is 12.8.